The molecule has 1 spiro atoms. The van der Waals surface area contributed by atoms with Gasteiger partial charge in [0.2, 0.25) is 0 Å². The van der Waals surface area contributed by atoms with Gasteiger partial charge in [-0.15, -0.1) is 0 Å². The van der Waals surface area contributed by atoms with Crippen LogP contribution in [0.2, 0.25) is 0 Å². The number of benzene rings is 3. The maximum atomic E-state index is 13.6. The molecule has 0 saturated heterocycles. The highest BCUT2D eigenvalue weighted by atomic mass is 16.6. The number of amides is 2. The van der Waals surface area contributed by atoms with Gasteiger partial charge in [0.15, 0.2) is 29.8 Å². The van der Waals surface area contributed by atoms with E-state index in [1.54, 1.807) is 72.8 Å². The minimum atomic E-state index is -1.38. The molecule has 7 rings (SSSR count). The molecule has 51 heavy (non-hydrogen) atoms. The number of aliphatic hydroxyl groups excluding tert-OH is 2. The lowest BCUT2D eigenvalue weighted by Crippen LogP contribution is -2.69. The van der Waals surface area contributed by atoms with Gasteiger partial charge in [0, 0.05) is 31.0 Å². The Bertz CT molecular complexity index is 1860. The third-order valence-electron chi connectivity index (χ3n) is 10.7. The van der Waals surface area contributed by atoms with Gasteiger partial charge >= 0.3 is 11.9 Å². The van der Waals surface area contributed by atoms with E-state index >= 15 is 0 Å². The molecule has 3 aromatic carbocycles. The minimum Gasteiger partial charge on any atom is -0.504 e. The summed E-state index contributed by atoms with van der Waals surface area (Å²) < 4.78 is 18.9. The Morgan fingerprint density at radius 3 is 2.08 bits per heavy atom. The topological polar surface area (TPSA) is 181 Å². The fraction of sp³-hybridized carbons (Fsp3) is 0.385. The zero-order valence-electron chi connectivity index (χ0n) is 27.9. The van der Waals surface area contributed by atoms with Gasteiger partial charge in [0.25, 0.3) is 11.8 Å². The first-order chi connectivity index (χ1) is 24.6. The summed E-state index contributed by atoms with van der Waals surface area (Å²) in [5.74, 6) is -2.05. The predicted octanol–water partition coefficient (Wildman–Crippen LogP) is 3.34. The molecule has 3 aromatic rings. The van der Waals surface area contributed by atoms with Crippen molar-refractivity contribution in [2.75, 3.05) is 13.1 Å². The molecule has 0 aromatic heterocycles. The smallest absolute Gasteiger partial charge is 0.312 e. The van der Waals surface area contributed by atoms with Crippen LogP contribution in [0.1, 0.15) is 73.0 Å². The first kappa shape index (κ1) is 34.3. The first-order valence-electron chi connectivity index (χ1n) is 17.3. The van der Waals surface area contributed by atoms with Crippen molar-refractivity contribution in [3.63, 3.8) is 0 Å². The number of carbonyl (C=O) groups excluding carboxylic acids is 4. The number of aliphatic hydroxyl groups is 2. The molecule has 3 aliphatic carbocycles. The van der Waals surface area contributed by atoms with Crippen molar-refractivity contribution in [1.29, 1.82) is 0 Å². The van der Waals surface area contributed by atoms with Gasteiger partial charge in [-0.1, -0.05) is 73.2 Å². The number of phenols is 1. The molecule has 1 aliphatic heterocycles. The van der Waals surface area contributed by atoms with Gasteiger partial charge in [0.05, 0.1) is 18.3 Å². The average Bonchev–Trinajstić information content (AvgIpc) is 3.49. The van der Waals surface area contributed by atoms with Gasteiger partial charge in [-0.05, 0) is 48.1 Å². The van der Waals surface area contributed by atoms with Crippen LogP contribution in [0.4, 0.5) is 0 Å². The highest BCUT2D eigenvalue weighted by Gasteiger charge is 2.73. The average molecular weight is 697 g/mol. The van der Waals surface area contributed by atoms with Crippen molar-refractivity contribution in [1.82, 2.24) is 10.6 Å². The molecule has 1 heterocycles. The Hall–Kier alpha value is -5.20. The molecule has 12 nitrogen and oxygen atoms in total. The highest BCUT2D eigenvalue weighted by molar-refractivity contribution is 5.83. The molecule has 2 bridgehead atoms. The van der Waals surface area contributed by atoms with Crippen LogP contribution in [0.15, 0.2) is 84.6 Å². The van der Waals surface area contributed by atoms with E-state index in [0.29, 0.717) is 24.0 Å². The minimum absolute atomic E-state index is 0.0462. The zero-order valence-corrected chi connectivity index (χ0v) is 27.9. The van der Waals surface area contributed by atoms with Crippen LogP contribution < -0.4 is 15.4 Å². The Balaban J connectivity index is 1.07. The summed E-state index contributed by atoms with van der Waals surface area (Å²) >= 11 is 0. The SMILES string of the molecule is O=C(CCNC(=O)[C@@H](O)c1ccccc1)OC1=CC[C@@]2(OC(=O)CCNC(=O)[C@@H](O)c3ccccc3)[C@@H]3CCC[C@@]24c2c(ccc(O)c2O[C@@H]14)C3. The number of hydrogen-bond donors (Lipinski definition) is 5. The Morgan fingerprint density at radius 2 is 1.45 bits per heavy atom. The van der Waals surface area contributed by atoms with Crippen LogP contribution in [0.5, 0.6) is 11.5 Å². The number of carbonyl (C=O) groups is 4. The fourth-order valence-corrected chi connectivity index (χ4v) is 8.50. The second-order valence-corrected chi connectivity index (χ2v) is 13.6. The summed E-state index contributed by atoms with van der Waals surface area (Å²) in [5, 5.41) is 36.9. The number of hydrogen-bond acceptors (Lipinski definition) is 10. The molecule has 12 heteroatoms. The lowest BCUT2D eigenvalue weighted by atomic mass is 9.46. The fourth-order valence-electron chi connectivity index (χ4n) is 8.50. The van der Waals surface area contributed by atoms with Crippen LogP contribution in [0.3, 0.4) is 0 Å². The maximum Gasteiger partial charge on any atom is 0.312 e. The van der Waals surface area contributed by atoms with Crippen LogP contribution in [0.25, 0.3) is 0 Å². The molecule has 0 unspecified atom stereocenters. The van der Waals surface area contributed by atoms with E-state index in [1.807, 2.05) is 6.07 Å². The van der Waals surface area contributed by atoms with Gasteiger partial charge in [-0.2, -0.15) is 0 Å². The second-order valence-electron chi connectivity index (χ2n) is 13.6. The number of ether oxygens (including phenoxy) is 3. The van der Waals surface area contributed by atoms with Crippen LogP contribution in [-0.4, -0.2) is 63.9 Å². The van der Waals surface area contributed by atoms with E-state index in [-0.39, 0.29) is 55.5 Å². The molecule has 2 amide bonds. The number of phenolic OH excluding ortho intramolecular Hbond substituents is 1. The third kappa shape index (κ3) is 6.02. The normalized spacial score (nSPS) is 24.9. The monoisotopic (exact) mass is 696 g/mol. The lowest BCUT2D eigenvalue weighted by Gasteiger charge is -2.60. The zero-order chi connectivity index (χ0) is 35.8. The lowest BCUT2D eigenvalue weighted by molar-refractivity contribution is -0.200. The molecular weight excluding hydrogens is 656 g/mol. The number of nitrogens with one attached hydrogen (secondary N) is 2. The van der Waals surface area contributed by atoms with Crippen molar-refractivity contribution >= 4 is 23.8 Å². The summed E-state index contributed by atoms with van der Waals surface area (Å²) in [6.45, 7) is -0.116. The van der Waals surface area contributed by atoms with E-state index < -0.39 is 53.1 Å². The Labute approximate surface area is 294 Å². The van der Waals surface area contributed by atoms with Crippen LogP contribution >= 0.6 is 0 Å². The van der Waals surface area contributed by atoms with E-state index in [0.717, 1.165) is 24.0 Å². The van der Waals surface area contributed by atoms with Gasteiger partial charge in [-0.3, -0.25) is 19.2 Å². The summed E-state index contributed by atoms with van der Waals surface area (Å²) in [6.07, 6.45) is 0.737. The molecule has 1 saturated carbocycles. The second kappa shape index (κ2) is 13.8. The van der Waals surface area contributed by atoms with Gasteiger partial charge in [-0.25, -0.2) is 0 Å². The van der Waals surface area contributed by atoms with Crippen molar-refractivity contribution in [3.05, 3.63) is 107 Å². The molecule has 0 radical (unpaired) electrons. The highest BCUT2D eigenvalue weighted by Crippen LogP contribution is 2.68. The summed E-state index contributed by atoms with van der Waals surface area (Å²) in [4.78, 5) is 51.8. The summed E-state index contributed by atoms with van der Waals surface area (Å²) in [6, 6.07) is 20.4. The largest absolute Gasteiger partial charge is 0.504 e. The molecule has 266 valence electrons. The molecule has 6 atom stereocenters. The van der Waals surface area contributed by atoms with Crippen molar-refractivity contribution in [3.8, 4) is 11.5 Å². The quantitative estimate of drug-likeness (QED) is 0.176. The summed E-state index contributed by atoms with van der Waals surface area (Å²) in [7, 11) is 0. The summed E-state index contributed by atoms with van der Waals surface area (Å²) in [5.41, 5.74) is 0.601. The first-order valence-corrected chi connectivity index (χ1v) is 17.3. The predicted molar refractivity (Wildman–Crippen MR) is 181 cm³/mol. The Morgan fingerprint density at radius 1 is 0.843 bits per heavy atom. The van der Waals surface area contributed by atoms with E-state index in [2.05, 4.69) is 10.6 Å². The third-order valence-corrected chi connectivity index (χ3v) is 10.7. The van der Waals surface area contributed by atoms with E-state index in [1.165, 1.54) is 0 Å². The van der Waals surface area contributed by atoms with Crippen molar-refractivity contribution in [2.45, 2.75) is 74.3 Å². The van der Waals surface area contributed by atoms with Gasteiger partial charge < -0.3 is 40.2 Å². The van der Waals surface area contributed by atoms with E-state index in [4.69, 9.17) is 14.2 Å². The number of rotatable bonds is 12. The molecule has 1 fully saturated rings. The van der Waals surface area contributed by atoms with Crippen LogP contribution in [0, 0.1) is 5.92 Å². The number of aromatic hydroxyl groups is 1. The van der Waals surface area contributed by atoms with Gasteiger partial charge in [0.1, 0.15) is 11.4 Å². The Kier molecular flexibility index (Phi) is 9.30. The van der Waals surface area contributed by atoms with Crippen LogP contribution in [-0.2, 0) is 40.5 Å². The van der Waals surface area contributed by atoms with Crippen molar-refractivity contribution in [2.24, 2.45) is 5.92 Å². The van der Waals surface area contributed by atoms with Crippen molar-refractivity contribution < 1.29 is 48.7 Å². The molecule has 5 N–H and O–H groups in total. The standard InChI is InChI=1S/C39H40N2O10/c42-27-14-13-25-22-26-12-7-18-38-31(25)34(27)50-35(38)28(49-29(43)16-20-40-36(47)32(45)23-8-3-1-4-9-23)15-19-39(26,38)51-30(44)17-21-41-37(48)33(46)24-10-5-2-6-11-24/h1-6,8-11,13-15,26,32-33,35,42,45-46H,7,12,16-22H2,(H,40,47)(H,41,48)/t26-,32+,33+,35+,38+,39-/m1/s1. The molecule has 4 aliphatic rings. The number of esters is 2. The molecular formula is C39H40N2O10. The maximum absolute atomic E-state index is 13.6. The van der Waals surface area contributed by atoms with E-state index in [9.17, 15) is 34.5 Å².